The summed E-state index contributed by atoms with van der Waals surface area (Å²) >= 11 is 0. The lowest BCUT2D eigenvalue weighted by atomic mass is 9.90. The number of carbonyl (C=O) groups excluding carboxylic acids is 2. The molecule has 120 valence electrons. The summed E-state index contributed by atoms with van der Waals surface area (Å²) < 4.78 is 15.5. The molecule has 1 aliphatic carbocycles. The molecule has 1 aromatic rings. The van der Waals surface area contributed by atoms with Crippen molar-refractivity contribution in [1.82, 2.24) is 0 Å². The minimum Gasteiger partial charge on any atom is -0.490 e. The lowest BCUT2D eigenvalue weighted by Crippen LogP contribution is -2.43. The van der Waals surface area contributed by atoms with Crippen LogP contribution in [0.1, 0.15) is 46.0 Å². The Kier molecular flexibility index (Phi) is 5.03. The predicted octanol–water partition coefficient (Wildman–Crippen LogP) is 1.69. The minimum atomic E-state index is -0.577. The lowest BCUT2D eigenvalue weighted by molar-refractivity contribution is 0.0552. The Hall–Kier alpha value is -2.08. The van der Waals surface area contributed by atoms with Gasteiger partial charge in [-0.3, -0.25) is 0 Å². The summed E-state index contributed by atoms with van der Waals surface area (Å²) in [7, 11) is 2.55. The average molecular weight is 307 g/mol. The molecule has 0 atom stereocenters. The van der Waals surface area contributed by atoms with E-state index in [9.17, 15) is 9.59 Å². The molecule has 0 heterocycles. The molecule has 1 aliphatic rings. The van der Waals surface area contributed by atoms with Crippen molar-refractivity contribution in [3.05, 3.63) is 28.8 Å². The molecule has 0 aliphatic heterocycles. The quantitative estimate of drug-likeness (QED) is 0.833. The second-order valence-corrected chi connectivity index (χ2v) is 5.27. The van der Waals surface area contributed by atoms with Crippen molar-refractivity contribution >= 4 is 11.9 Å². The molecule has 0 amide bonds. The van der Waals surface area contributed by atoms with E-state index >= 15 is 0 Å². The third-order valence-corrected chi connectivity index (χ3v) is 3.84. The van der Waals surface area contributed by atoms with Gasteiger partial charge in [0.05, 0.1) is 25.3 Å². The minimum absolute atomic E-state index is 0.0507. The van der Waals surface area contributed by atoms with Crippen LogP contribution in [0.15, 0.2) is 12.1 Å². The molecule has 6 nitrogen and oxygen atoms in total. The molecule has 0 unspecified atom stereocenters. The van der Waals surface area contributed by atoms with Gasteiger partial charge < -0.3 is 19.9 Å². The maximum atomic E-state index is 12.1. The van der Waals surface area contributed by atoms with Gasteiger partial charge in [0.2, 0.25) is 0 Å². The Morgan fingerprint density at radius 1 is 1.18 bits per heavy atom. The van der Waals surface area contributed by atoms with Crippen LogP contribution < -0.4 is 10.5 Å². The first-order valence-electron chi connectivity index (χ1n) is 7.26. The van der Waals surface area contributed by atoms with E-state index in [1.807, 2.05) is 6.92 Å². The van der Waals surface area contributed by atoms with Crippen LogP contribution in [-0.2, 0) is 15.9 Å². The van der Waals surface area contributed by atoms with E-state index in [0.717, 1.165) is 12.8 Å². The fourth-order valence-electron chi connectivity index (χ4n) is 2.59. The summed E-state index contributed by atoms with van der Waals surface area (Å²) in [4.78, 5) is 24.0. The first-order valence-corrected chi connectivity index (χ1v) is 7.26. The normalized spacial score (nSPS) is 20.0. The highest BCUT2D eigenvalue weighted by atomic mass is 16.5. The number of nitrogens with two attached hydrogens (primary N) is 1. The van der Waals surface area contributed by atoms with E-state index in [-0.39, 0.29) is 23.3 Å². The van der Waals surface area contributed by atoms with Gasteiger partial charge >= 0.3 is 11.9 Å². The van der Waals surface area contributed by atoms with Gasteiger partial charge in [-0.25, -0.2) is 9.59 Å². The molecule has 6 heteroatoms. The largest absolute Gasteiger partial charge is 0.490 e. The van der Waals surface area contributed by atoms with Crippen molar-refractivity contribution < 1.29 is 23.8 Å². The van der Waals surface area contributed by atoms with Gasteiger partial charge in [0.1, 0.15) is 11.9 Å². The Morgan fingerprint density at radius 2 is 1.82 bits per heavy atom. The summed E-state index contributed by atoms with van der Waals surface area (Å²) in [6.07, 6.45) is 2.16. The lowest BCUT2D eigenvalue weighted by Gasteiger charge is -2.33. The number of benzene rings is 1. The molecule has 1 aromatic carbocycles. The van der Waals surface area contributed by atoms with Crippen LogP contribution in [0.25, 0.3) is 0 Å². The van der Waals surface area contributed by atoms with E-state index in [4.69, 9.17) is 19.9 Å². The highest BCUT2D eigenvalue weighted by Gasteiger charge is 2.30. The summed E-state index contributed by atoms with van der Waals surface area (Å²) in [6, 6.07) is 3.40. The zero-order chi connectivity index (χ0) is 16.3. The number of hydrogen-bond donors (Lipinski definition) is 1. The molecule has 2 N–H and O–H groups in total. The van der Waals surface area contributed by atoms with Crippen LogP contribution in [0.5, 0.6) is 5.75 Å². The molecule has 0 radical (unpaired) electrons. The number of esters is 2. The fraction of sp³-hybridized carbons (Fsp3) is 0.500. The molecule has 1 saturated carbocycles. The van der Waals surface area contributed by atoms with Gasteiger partial charge in [-0.05, 0) is 31.4 Å². The summed E-state index contributed by atoms with van der Waals surface area (Å²) in [5.74, 6) is -0.562. The van der Waals surface area contributed by atoms with Gasteiger partial charge in [0.25, 0.3) is 0 Å². The third-order valence-electron chi connectivity index (χ3n) is 3.84. The fourth-order valence-corrected chi connectivity index (χ4v) is 2.59. The predicted molar refractivity (Wildman–Crippen MR) is 80.1 cm³/mol. The van der Waals surface area contributed by atoms with Crippen LogP contribution >= 0.6 is 0 Å². The summed E-state index contributed by atoms with van der Waals surface area (Å²) in [5, 5.41) is 0. The molecular weight excluding hydrogens is 286 g/mol. The zero-order valence-corrected chi connectivity index (χ0v) is 13.0. The van der Waals surface area contributed by atoms with Crippen molar-refractivity contribution in [1.29, 1.82) is 0 Å². The Balaban J connectivity index is 2.43. The molecule has 22 heavy (non-hydrogen) atoms. The van der Waals surface area contributed by atoms with Crippen LogP contribution in [0, 0.1) is 0 Å². The second kappa shape index (κ2) is 6.79. The Morgan fingerprint density at radius 3 is 2.32 bits per heavy atom. The third kappa shape index (κ3) is 3.06. The first kappa shape index (κ1) is 16.3. The smallest absolute Gasteiger partial charge is 0.339 e. The number of carbonyl (C=O) groups is 2. The van der Waals surface area contributed by atoms with Crippen molar-refractivity contribution in [3.63, 3.8) is 0 Å². The monoisotopic (exact) mass is 307 g/mol. The van der Waals surface area contributed by atoms with Gasteiger partial charge in [-0.1, -0.05) is 6.92 Å². The first-order chi connectivity index (χ1) is 10.5. The van der Waals surface area contributed by atoms with E-state index in [1.54, 1.807) is 6.07 Å². The molecule has 0 saturated heterocycles. The molecule has 0 bridgehead atoms. The number of rotatable bonds is 5. The van der Waals surface area contributed by atoms with E-state index in [1.165, 1.54) is 20.3 Å². The van der Waals surface area contributed by atoms with Crippen LogP contribution in [0.2, 0.25) is 0 Å². The van der Waals surface area contributed by atoms with Crippen LogP contribution in [-0.4, -0.2) is 38.3 Å². The molecule has 0 aromatic heterocycles. The molecule has 0 spiro atoms. The van der Waals surface area contributed by atoms with E-state index in [0.29, 0.717) is 17.7 Å². The second-order valence-electron chi connectivity index (χ2n) is 5.27. The van der Waals surface area contributed by atoms with Crippen molar-refractivity contribution in [2.45, 2.75) is 38.3 Å². The standard InChI is InChI=1S/C16H21NO5/c1-4-11-13(22-10-7-9(17)8-10)6-5-12(15(18)20-2)14(11)16(19)21-3/h5-6,9-10H,4,7-8,17H2,1-3H3. The maximum absolute atomic E-state index is 12.1. The zero-order valence-electron chi connectivity index (χ0n) is 13.0. The molecule has 1 fully saturated rings. The highest BCUT2D eigenvalue weighted by Crippen LogP contribution is 2.32. The SMILES string of the molecule is CCc1c(OC2CC(N)C2)ccc(C(=O)OC)c1C(=O)OC. The van der Waals surface area contributed by atoms with Crippen LogP contribution in [0.3, 0.4) is 0 Å². The van der Waals surface area contributed by atoms with Gasteiger partial charge in [-0.15, -0.1) is 0 Å². The van der Waals surface area contributed by atoms with E-state index in [2.05, 4.69) is 0 Å². The summed E-state index contributed by atoms with van der Waals surface area (Å²) in [6.45, 7) is 1.89. The van der Waals surface area contributed by atoms with E-state index < -0.39 is 11.9 Å². The number of methoxy groups -OCH3 is 2. The van der Waals surface area contributed by atoms with Crippen molar-refractivity contribution in [3.8, 4) is 5.75 Å². The van der Waals surface area contributed by atoms with Gasteiger partial charge in [0.15, 0.2) is 0 Å². The van der Waals surface area contributed by atoms with Gasteiger partial charge in [-0.2, -0.15) is 0 Å². The maximum Gasteiger partial charge on any atom is 0.339 e. The Labute approximate surface area is 129 Å². The molecular formula is C16H21NO5. The van der Waals surface area contributed by atoms with Crippen molar-refractivity contribution in [2.24, 2.45) is 5.73 Å². The van der Waals surface area contributed by atoms with Crippen molar-refractivity contribution in [2.75, 3.05) is 14.2 Å². The number of ether oxygens (including phenoxy) is 3. The number of hydrogen-bond acceptors (Lipinski definition) is 6. The summed E-state index contributed by atoms with van der Waals surface area (Å²) in [5.41, 5.74) is 6.80. The topological polar surface area (TPSA) is 87.9 Å². The molecule has 2 rings (SSSR count). The highest BCUT2D eigenvalue weighted by molar-refractivity contribution is 6.04. The Bertz CT molecular complexity index is 578. The van der Waals surface area contributed by atoms with Crippen LogP contribution in [0.4, 0.5) is 0 Å². The average Bonchev–Trinajstić information content (AvgIpc) is 2.51. The van der Waals surface area contributed by atoms with Gasteiger partial charge in [0, 0.05) is 11.6 Å².